The van der Waals surface area contributed by atoms with Gasteiger partial charge in [0.2, 0.25) is 0 Å². The quantitative estimate of drug-likeness (QED) is 0.736. The first-order valence-electron chi connectivity index (χ1n) is 4.71. The Balaban J connectivity index is 2.20. The summed E-state index contributed by atoms with van der Waals surface area (Å²) in [7, 11) is 0. The molecule has 0 aliphatic heterocycles. The fourth-order valence-corrected chi connectivity index (χ4v) is 1.47. The van der Waals surface area contributed by atoms with Gasteiger partial charge in [-0.15, -0.1) is 0 Å². The van der Waals surface area contributed by atoms with Gasteiger partial charge < -0.3 is 4.74 Å². The Morgan fingerprint density at radius 1 is 1.06 bits per heavy atom. The minimum atomic E-state index is 0.444. The number of hydrogen-bond donors (Lipinski definition) is 0. The lowest BCUT2D eigenvalue weighted by molar-refractivity contribution is 0.480. The Bertz CT molecular complexity index is 497. The maximum atomic E-state index is 5.92. The SMILES string of the molecule is Cc1cc(Oc2ccc(Cl)nc2)ccc1Cl. The summed E-state index contributed by atoms with van der Waals surface area (Å²) < 4.78 is 5.59. The van der Waals surface area contributed by atoms with Gasteiger partial charge in [-0.3, -0.25) is 0 Å². The van der Waals surface area contributed by atoms with Crippen LogP contribution in [0.3, 0.4) is 0 Å². The van der Waals surface area contributed by atoms with Crippen LogP contribution in [0, 0.1) is 6.92 Å². The standard InChI is InChI=1S/C12H9Cl2NO/c1-8-6-9(2-4-11(8)13)16-10-3-5-12(14)15-7-10/h2-7H,1H3. The van der Waals surface area contributed by atoms with E-state index in [2.05, 4.69) is 4.98 Å². The van der Waals surface area contributed by atoms with Crippen LogP contribution < -0.4 is 4.74 Å². The van der Waals surface area contributed by atoms with Gasteiger partial charge in [-0.25, -0.2) is 4.98 Å². The van der Waals surface area contributed by atoms with Crippen molar-refractivity contribution in [3.8, 4) is 11.5 Å². The number of aryl methyl sites for hydroxylation is 1. The molecule has 0 fully saturated rings. The normalized spacial score (nSPS) is 10.2. The molecule has 0 atom stereocenters. The highest BCUT2D eigenvalue weighted by Crippen LogP contribution is 2.25. The monoisotopic (exact) mass is 253 g/mol. The van der Waals surface area contributed by atoms with Crippen LogP contribution in [-0.2, 0) is 0 Å². The number of halogens is 2. The van der Waals surface area contributed by atoms with Gasteiger partial charge in [-0.05, 0) is 42.8 Å². The molecule has 0 aliphatic carbocycles. The summed E-state index contributed by atoms with van der Waals surface area (Å²) >= 11 is 11.6. The molecule has 4 heteroatoms. The van der Waals surface area contributed by atoms with Crippen LogP contribution in [0.25, 0.3) is 0 Å². The molecule has 2 aromatic rings. The first-order chi connectivity index (χ1) is 7.65. The van der Waals surface area contributed by atoms with Gasteiger partial charge in [0, 0.05) is 5.02 Å². The molecule has 2 rings (SSSR count). The fourth-order valence-electron chi connectivity index (χ4n) is 1.24. The third-order valence-corrected chi connectivity index (χ3v) is 2.71. The Labute approximate surface area is 104 Å². The number of benzene rings is 1. The summed E-state index contributed by atoms with van der Waals surface area (Å²) in [6, 6.07) is 8.93. The third-order valence-electron chi connectivity index (χ3n) is 2.07. The lowest BCUT2D eigenvalue weighted by Gasteiger charge is -2.06. The molecule has 0 spiro atoms. The van der Waals surface area contributed by atoms with E-state index in [9.17, 15) is 0 Å². The van der Waals surface area contributed by atoms with Crippen LogP contribution in [0.1, 0.15) is 5.56 Å². The van der Waals surface area contributed by atoms with Crippen LogP contribution in [0.5, 0.6) is 11.5 Å². The lowest BCUT2D eigenvalue weighted by atomic mass is 10.2. The van der Waals surface area contributed by atoms with E-state index < -0.39 is 0 Å². The van der Waals surface area contributed by atoms with E-state index in [0.29, 0.717) is 10.9 Å². The molecule has 0 amide bonds. The summed E-state index contributed by atoms with van der Waals surface area (Å²) in [5, 5.41) is 1.17. The zero-order chi connectivity index (χ0) is 11.5. The van der Waals surface area contributed by atoms with Gasteiger partial charge in [-0.2, -0.15) is 0 Å². The maximum absolute atomic E-state index is 5.92. The molecular weight excluding hydrogens is 245 g/mol. The van der Waals surface area contributed by atoms with Crippen molar-refractivity contribution >= 4 is 23.2 Å². The number of hydrogen-bond acceptors (Lipinski definition) is 2. The van der Waals surface area contributed by atoms with Gasteiger partial charge in [-0.1, -0.05) is 23.2 Å². The Morgan fingerprint density at radius 3 is 2.44 bits per heavy atom. The molecule has 2 nitrogen and oxygen atoms in total. The predicted molar refractivity (Wildman–Crippen MR) is 65.5 cm³/mol. The molecular formula is C12H9Cl2NO. The van der Waals surface area contributed by atoms with E-state index in [-0.39, 0.29) is 0 Å². The molecule has 82 valence electrons. The predicted octanol–water partition coefficient (Wildman–Crippen LogP) is 4.49. The summed E-state index contributed by atoms with van der Waals surface area (Å²) in [5.41, 5.74) is 0.973. The van der Waals surface area contributed by atoms with Crippen molar-refractivity contribution in [2.75, 3.05) is 0 Å². The van der Waals surface area contributed by atoms with E-state index in [1.54, 1.807) is 24.4 Å². The van der Waals surface area contributed by atoms with E-state index in [1.165, 1.54) is 0 Å². The highest BCUT2D eigenvalue weighted by atomic mass is 35.5. The summed E-state index contributed by atoms with van der Waals surface area (Å²) in [5.74, 6) is 1.37. The minimum absolute atomic E-state index is 0.444. The molecule has 0 saturated carbocycles. The first kappa shape index (κ1) is 11.2. The molecule has 1 aromatic heterocycles. The van der Waals surface area contributed by atoms with Crippen LogP contribution in [-0.4, -0.2) is 4.98 Å². The van der Waals surface area contributed by atoms with Crippen molar-refractivity contribution in [2.45, 2.75) is 6.92 Å². The second-order valence-electron chi connectivity index (χ2n) is 3.33. The number of ether oxygens (including phenoxy) is 1. The molecule has 1 aromatic carbocycles. The zero-order valence-electron chi connectivity index (χ0n) is 8.58. The van der Waals surface area contributed by atoms with Crippen molar-refractivity contribution in [1.82, 2.24) is 4.98 Å². The van der Waals surface area contributed by atoms with Gasteiger partial charge in [0.25, 0.3) is 0 Å². The highest BCUT2D eigenvalue weighted by molar-refractivity contribution is 6.31. The highest BCUT2D eigenvalue weighted by Gasteiger charge is 2.00. The van der Waals surface area contributed by atoms with Gasteiger partial charge in [0.15, 0.2) is 0 Å². The van der Waals surface area contributed by atoms with Crippen molar-refractivity contribution in [3.63, 3.8) is 0 Å². The molecule has 16 heavy (non-hydrogen) atoms. The molecule has 0 bridgehead atoms. The number of aromatic nitrogens is 1. The van der Waals surface area contributed by atoms with Gasteiger partial charge in [0.05, 0.1) is 6.20 Å². The van der Waals surface area contributed by atoms with Crippen molar-refractivity contribution in [1.29, 1.82) is 0 Å². The maximum Gasteiger partial charge on any atom is 0.145 e. The van der Waals surface area contributed by atoms with Gasteiger partial charge in [0.1, 0.15) is 16.7 Å². The Hall–Kier alpha value is -1.25. The Morgan fingerprint density at radius 2 is 1.81 bits per heavy atom. The molecule has 0 saturated heterocycles. The van der Waals surface area contributed by atoms with Crippen molar-refractivity contribution in [3.05, 3.63) is 52.3 Å². The van der Waals surface area contributed by atoms with Crippen molar-refractivity contribution < 1.29 is 4.74 Å². The third kappa shape index (κ3) is 2.65. The first-order valence-corrected chi connectivity index (χ1v) is 5.46. The topological polar surface area (TPSA) is 22.1 Å². The van der Waals surface area contributed by atoms with E-state index in [1.807, 2.05) is 19.1 Å². The average Bonchev–Trinajstić information content (AvgIpc) is 2.27. The van der Waals surface area contributed by atoms with Crippen molar-refractivity contribution in [2.24, 2.45) is 0 Å². The molecule has 1 heterocycles. The summed E-state index contributed by atoms with van der Waals surface area (Å²) in [6.45, 7) is 1.93. The molecule has 0 aliphatic rings. The zero-order valence-corrected chi connectivity index (χ0v) is 10.1. The molecule has 0 unspecified atom stereocenters. The van der Waals surface area contributed by atoms with Crippen LogP contribution in [0.4, 0.5) is 0 Å². The molecule has 0 radical (unpaired) electrons. The Kier molecular flexibility index (Phi) is 3.32. The number of nitrogens with zero attached hydrogens (tertiary/aromatic N) is 1. The largest absolute Gasteiger partial charge is 0.456 e. The lowest BCUT2D eigenvalue weighted by Crippen LogP contribution is -1.86. The number of pyridine rings is 1. The van der Waals surface area contributed by atoms with E-state index in [0.717, 1.165) is 16.3 Å². The van der Waals surface area contributed by atoms with Crippen LogP contribution in [0.2, 0.25) is 10.2 Å². The minimum Gasteiger partial charge on any atom is -0.456 e. The molecule has 0 N–H and O–H groups in total. The summed E-state index contributed by atoms with van der Waals surface area (Å²) in [4.78, 5) is 3.93. The van der Waals surface area contributed by atoms with E-state index >= 15 is 0 Å². The van der Waals surface area contributed by atoms with Gasteiger partial charge >= 0.3 is 0 Å². The van der Waals surface area contributed by atoms with Crippen LogP contribution in [0.15, 0.2) is 36.5 Å². The average molecular weight is 254 g/mol. The van der Waals surface area contributed by atoms with E-state index in [4.69, 9.17) is 27.9 Å². The second-order valence-corrected chi connectivity index (χ2v) is 4.12. The summed E-state index contributed by atoms with van der Waals surface area (Å²) in [6.07, 6.45) is 1.58. The second kappa shape index (κ2) is 4.73. The van der Waals surface area contributed by atoms with Crippen LogP contribution >= 0.6 is 23.2 Å². The smallest absolute Gasteiger partial charge is 0.145 e. The fraction of sp³-hybridized carbons (Fsp3) is 0.0833. The number of rotatable bonds is 2.